The fourth-order valence-electron chi connectivity index (χ4n) is 2.11. The fourth-order valence-corrected chi connectivity index (χ4v) is 2.11. The summed E-state index contributed by atoms with van der Waals surface area (Å²) in [5, 5.41) is 10.0. The lowest BCUT2D eigenvalue weighted by molar-refractivity contribution is 0.0712. The van der Waals surface area contributed by atoms with Crippen LogP contribution in [0.2, 0.25) is 0 Å². The zero-order valence-corrected chi connectivity index (χ0v) is 12.6. The molecule has 0 unspecified atom stereocenters. The van der Waals surface area contributed by atoms with Crippen LogP contribution in [0.5, 0.6) is 5.75 Å². The third kappa shape index (κ3) is 5.21. The molecule has 0 radical (unpaired) electrons. The second-order valence-corrected chi connectivity index (χ2v) is 5.14. The quantitative estimate of drug-likeness (QED) is 0.784. The molecule has 0 saturated carbocycles. The molecular formula is C16H27NO2. The van der Waals surface area contributed by atoms with E-state index in [9.17, 15) is 5.11 Å². The molecule has 1 atom stereocenters. The van der Waals surface area contributed by atoms with Gasteiger partial charge in [-0.05, 0) is 30.6 Å². The number of likely N-dealkylation sites (N-methyl/N-ethyl adjacent to an activating group) is 1. The Morgan fingerprint density at radius 2 is 1.79 bits per heavy atom. The molecule has 1 rings (SSSR count). The fraction of sp³-hybridized carbons (Fsp3) is 0.625. The minimum atomic E-state index is -0.444. The average Bonchev–Trinajstić information content (AvgIpc) is 2.42. The Bertz CT molecular complexity index is 362. The van der Waals surface area contributed by atoms with Gasteiger partial charge in [-0.3, -0.25) is 0 Å². The maximum atomic E-state index is 10.0. The third-order valence-corrected chi connectivity index (χ3v) is 3.34. The van der Waals surface area contributed by atoms with E-state index < -0.39 is 6.10 Å². The summed E-state index contributed by atoms with van der Waals surface area (Å²) in [5.41, 5.74) is 1.19. The molecule has 0 aromatic heterocycles. The van der Waals surface area contributed by atoms with Gasteiger partial charge in [-0.25, -0.2) is 0 Å². The van der Waals surface area contributed by atoms with Crippen LogP contribution in [-0.4, -0.2) is 42.4 Å². The summed E-state index contributed by atoms with van der Waals surface area (Å²) in [6.07, 6.45) is -0.444. The van der Waals surface area contributed by atoms with Crippen LogP contribution in [0.25, 0.3) is 0 Å². The number of benzene rings is 1. The Balaban J connectivity index is 2.52. The number of aliphatic hydroxyl groups is 1. The molecule has 0 aliphatic carbocycles. The topological polar surface area (TPSA) is 32.7 Å². The Labute approximate surface area is 117 Å². The molecule has 0 amide bonds. The van der Waals surface area contributed by atoms with Crippen molar-refractivity contribution in [3.8, 4) is 5.75 Å². The number of aliphatic hydroxyl groups excluding tert-OH is 1. The monoisotopic (exact) mass is 265 g/mol. The Kier molecular flexibility index (Phi) is 6.89. The number of rotatable bonds is 8. The van der Waals surface area contributed by atoms with Gasteiger partial charge in [0.2, 0.25) is 0 Å². The van der Waals surface area contributed by atoms with E-state index in [1.807, 2.05) is 18.2 Å². The van der Waals surface area contributed by atoms with Gasteiger partial charge in [0.1, 0.15) is 18.5 Å². The van der Waals surface area contributed by atoms with Gasteiger partial charge >= 0.3 is 0 Å². The lowest BCUT2D eigenvalue weighted by atomic mass is 10.0. The predicted octanol–water partition coefficient (Wildman–Crippen LogP) is 2.89. The normalized spacial score (nSPS) is 13.0. The van der Waals surface area contributed by atoms with Gasteiger partial charge in [-0.1, -0.05) is 45.9 Å². The molecule has 0 aliphatic rings. The maximum absolute atomic E-state index is 10.0. The molecule has 0 bridgehead atoms. The lowest BCUT2D eigenvalue weighted by Gasteiger charge is -2.22. The molecule has 0 fully saturated rings. The highest BCUT2D eigenvalue weighted by Gasteiger charge is 2.12. The minimum absolute atomic E-state index is 0.347. The van der Waals surface area contributed by atoms with E-state index in [1.54, 1.807) is 0 Å². The molecule has 0 heterocycles. The first-order valence-corrected chi connectivity index (χ1v) is 7.20. The molecule has 1 aromatic rings. The summed E-state index contributed by atoms with van der Waals surface area (Å²) in [5.74, 6) is 1.31. The van der Waals surface area contributed by atoms with E-state index in [-0.39, 0.29) is 0 Å². The summed E-state index contributed by atoms with van der Waals surface area (Å²) >= 11 is 0. The van der Waals surface area contributed by atoms with Gasteiger partial charge < -0.3 is 14.7 Å². The van der Waals surface area contributed by atoms with Crippen LogP contribution in [0, 0.1) is 0 Å². The highest BCUT2D eigenvalue weighted by atomic mass is 16.5. The molecule has 0 aliphatic heterocycles. The zero-order valence-electron chi connectivity index (χ0n) is 12.6. The summed E-state index contributed by atoms with van der Waals surface area (Å²) in [6.45, 7) is 11.4. The van der Waals surface area contributed by atoms with E-state index in [1.165, 1.54) is 5.56 Å². The molecule has 3 nitrogen and oxygen atoms in total. The first kappa shape index (κ1) is 16.0. The Morgan fingerprint density at radius 3 is 2.37 bits per heavy atom. The van der Waals surface area contributed by atoms with Crippen molar-refractivity contribution < 1.29 is 9.84 Å². The van der Waals surface area contributed by atoms with Crippen molar-refractivity contribution in [3.05, 3.63) is 29.8 Å². The van der Waals surface area contributed by atoms with E-state index in [0.717, 1.165) is 18.8 Å². The summed E-state index contributed by atoms with van der Waals surface area (Å²) in [6, 6.07) is 8.04. The molecule has 0 spiro atoms. The van der Waals surface area contributed by atoms with E-state index >= 15 is 0 Å². The summed E-state index contributed by atoms with van der Waals surface area (Å²) < 4.78 is 5.77. The average molecular weight is 265 g/mol. The summed E-state index contributed by atoms with van der Waals surface area (Å²) in [4.78, 5) is 2.20. The van der Waals surface area contributed by atoms with Gasteiger partial charge in [0.25, 0.3) is 0 Å². The van der Waals surface area contributed by atoms with Crippen LogP contribution in [0.15, 0.2) is 24.3 Å². The van der Waals surface area contributed by atoms with E-state index in [2.05, 4.69) is 38.7 Å². The first-order chi connectivity index (χ1) is 9.08. The molecule has 1 N–H and O–H groups in total. The van der Waals surface area contributed by atoms with Gasteiger partial charge in [0.15, 0.2) is 0 Å². The SMILES string of the molecule is CCN(CC)C[C@@H](O)COc1ccccc1C(C)C. The lowest BCUT2D eigenvalue weighted by Crippen LogP contribution is -2.35. The second-order valence-electron chi connectivity index (χ2n) is 5.14. The number of nitrogens with zero attached hydrogens (tertiary/aromatic N) is 1. The number of para-hydroxylation sites is 1. The second kappa shape index (κ2) is 8.18. The van der Waals surface area contributed by atoms with Crippen LogP contribution >= 0.6 is 0 Å². The van der Waals surface area contributed by atoms with Crippen molar-refractivity contribution in [3.63, 3.8) is 0 Å². The smallest absolute Gasteiger partial charge is 0.122 e. The van der Waals surface area contributed by atoms with Gasteiger partial charge in [0, 0.05) is 6.54 Å². The highest BCUT2D eigenvalue weighted by Crippen LogP contribution is 2.25. The molecule has 0 saturated heterocycles. The number of hydrogen-bond acceptors (Lipinski definition) is 3. The zero-order chi connectivity index (χ0) is 14.3. The van der Waals surface area contributed by atoms with Crippen LogP contribution in [0.4, 0.5) is 0 Å². The van der Waals surface area contributed by atoms with Crippen molar-refractivity contribution in [2.75, 3.05) is 26.2 Å². The van der Waals surface area contributed by atoms with Crippen LogP contribution < -0.4 is 4.74 Å². The highest BCUT2D eigenvalue weighted by molar-refractivity contribution is 5.35. The van der Waals surface area contributed by atoms with Crippen molar-refractivity contribution in [1.82, 2.24) is 4.90 Å². The van der Waals surface area contributed by atoms with Crippen molar-refractivity contribution >= 4 is 0 Å². The third-order valence-electron chi connectivity index (χ3n) is 3.34. The van der Waals surface area contributed by atoms with Crippen molar-refractivity contribution in [2.45, 2.75) is 39.7 Å². The summed E-state index contributed by atoms with van der Waals surface area (Å²) in [7, 11) is 0. The van der Waals surface area contributed by atoms with E-state index in [4.69, 9.17) is 4.74 Å². The number of ether oxygens (including phenoxy) is 1. The maximum Gasteiger partial charge on any atom is 0.122 e. The molecule has 1 aromatic carbocycles. The Hall–Kier alpha value is -1.06. The van der Waals surface area contributed by atoms with Gasteiger partial charge in [-0.15, -0.1) is 0 Å². The number of hydrogen-bond donors (Lipinski definition) is 1. The standard InChI is InChI=1S/C16H27NO2/c1-5-17(6-2)11-14(18)12-19-16-10-8-7-9-15(16)13(3)4/h7-10,13-14,18H,5-6,11-12H2,1-4H3/t14-/m1/s1. The van der Waals surface area contributed by atoms with Crippen molar-refractivity contribution in [1.29, 1.82) is 0 Å². The van der Waals surface area contributed by atoms with Crippen LogP contribution in [0.3, 0.4) is 0 Å². The largest absolute Gasteiger partial charge is 0.491 e. The first-order valence-electron chi connectivity index (χ1n) is 7.20. The predicted molar refractivity (Wildman–Crippen MR) is 79.8 cm³/mol. The molecule has 108 valence electrons. The van der Waals surface area contributed by atoms with Gasteiger partial charge in [-0.2, -0.15) is 0 Å². The van der Waals surface area contributed by atoms with Crippen LogP contribution in [0.1, 0.15) is 39.2 Å². The van der Waals surface area contributed by atoms with Gasteiger partial charge in [0.05, 0.1) is 0 Å². The molecule has 3 heteroatoms. The molecular weight excluding hydrogens is 238 g/mol. The van der Waals surface area contributed by atoms with Crippen LogP contribution in [-0.2, 0) is 0 Å². The van der Waals surface area contributed by atoms with E-state index in [0.29, 0.717) is 19.1 Å². The van der Waals surface area contributed by atoms with Crippen molar-refractivity contribution in [2.24, 2.45) is 0 Å². The minimum Gasteiger partial charge on any atom is -0.491 e. The Morgan fingerprint density at radius 1 is 1.16 bits per heavy atom. The molecule has 19 heavy (non-hydrogen) atoms.